The van der Waals surface area contributed by atoms with Crippen molar-refractivity contribution in [3.8, 4) is 11.8 Å². The number of nitrogens with zero attached hydrogens (tertiary/aromatic N) is 3. The Bertz CT molecular complexity index is 771. The number of aromatic nitrogens is 1. The van der Waals surface area contributed by atoms with Crippen molar-refractivity contribution in [1.82, 2.24) is 4.98 Å². The smallest absolute Gasteiger partial charge is 0.287 e. The summed E-state index contributed by atoms with van der Waals surface area (Å²) >= 11 is 0. The van der Waals surface area contributed by atoms with E-state index in [2.05, 4.69) is 16.4 Å². The van der Waals surface area contributed by atoms with Gasteiger partial charge >= 0.3 is 0 Å². The van der Waals surface area contributed by atoms with Crippen molar-refractivity contribution in [1.29, 1.82) is 5.26 Å². The molecule has 1 unspecified atom stereocenters. The SMILES string of the molecule is CCC(C#N)Oc1cccc(CNc2ncc([N+](=O)[O-])cc2C)c1. The standard InChI is InChI=1S/C17H18N4O3/c1-3-15(9-18)24-16-6-4-5-13(8-16)10-19-17-12(2)7-14(11-20-17)21(22)23/h4-8,11,15H,3,10H2,1-2H3,(H,19,20). The van der Waals surface area contributed by atoms with Gasteiger partial charge in [-0.15, -0.1) is 0 Å². The molecule has 1 atom stereocenters. The lowest BCUT2D eigenvalue weighted by atomic mass is 10.2. The van der Waals surface area contributed by atoms with Gasteiger partial charge in [-0.05, 0) is 36.6 Å². The molecule has 0 saturated carbocycles. The van der Waals surface area contributed by atoms with Gasteiger partial charge in [0.15, 0.2) is 6.10 Å². The van der Waals surface area contributed by atoms with Crippen LogP contribution in [0.1, 0.15) is 24.5 Å². The molecule has 0 radical (unpaired) electrons. The van der Waals surface area contributed by atoms with Gasteiger partial charge in [-0.1, -0.05) is 19.1 Å². The zero-order valence-corrected chi connectivity index (χ0v) is 13.5. The van der Waals surface area contributed by atoms with E-state index < -0.39 is 11.0 Å². The molecule has 0 aliphatic rings. The molecule has 7 heteroatoms. The van der Waals surface area contributed by atoms with Gasteiger partial charge in [-0.3, -0.25) is 10.1 Å². The summed E-state index contributed by atoms with van der Waals surface area (Å²) in [5.74, 6) is 1.23. The van der Waals surface area contributed by atoms with E-state index >= 15 is 0 Å². The summed E-state index contributed by atoms with van der Waals surface area (Å²) in [6.45, 7) is 4.15. The minimum atomic E-state index is -0.468. The molecular formula is C17H18N4O3. The van der Waals surface area contributed by atoms with E-state index in [1.807, 2.05) is 25.1 Å². The minimum Gasteiger partial charge on any atom is -0.476 e. The second-order valence-corrected chi connectivity index (χ2v) is 5.26. The lowest BCUT2D eigenvalue weighted by molar-refractivity contribution is -0.385. The number of rotatable bonds is 7. The van der Waals surface area contributed by atoms with Crippen LogP contribution in [0, 0.1) is 28.4 Å². The Hall–Kier alpha value is -3.14. The topological polar surface area (TPSA) is 101 Å². The number of hydrogen-bond acceptors (Lipinski definition) is 6. The number of nitro groups is 1. The van der Waals surface area contributed by atoms with Crippen molar-refractivity contribution in [2.24, 2.45) is 0 Å². The number of aryl methyl sites for hydroxylation is 1. The predicted octanol–water partition coefficient (Wildman–Crippen LogP) is 3.59. The maximum atomic E-state index is 10.7. The molecule has 0 spiro atoms. The summed E-state index contributed by atoms with van der Waals surface area (Å²) in [6, 6.07) is 11.0. The molecule has 1 aromatic carbocycles. The Balaban J connectivity index is 2.04. The number of anilines is 1. The molecule has 0 aliphatic heterocycles. The molecule has 0 amide bonds. The number of nitriles is 1. The van der Waals surface area contributed by atoms with Gasteiger partial charge in [-0.25, -0.2) is 4.98 Å². The zero-order valence-electron chi connectivity index (χ0n) is 13.5. The maximum absolute atomic E-state index is 10.7. The van der Waals surface area contributed by atoms with Gasteiger partial charge in [0.2, 0.25) is 0 Å². The van der Waals surface area contributed by atoms with E-state index in [1.165, 1.54) is 12.3 Å². The van der Waals surface area contributed by atoms with Crippen LogP contribution in [-0.4, -0.2) is 16.0 Å². The van der Waals surface area contributed by atoms with Gasteiger partial charge in [0.1, 0.15) is 23.8 Å². The number of ether oxygens (including phenoxy) is 1. The highest BCUT2D eigenvalue weighted by Gasteiger charge is 2.10. The van der Waals surface area contributed by atoms with Crippen molar-refractivity contribution >= 4 is 11.5 Å². The Morgan fingerprint density at radius 3 is 2.88 bits per heavy atom. The van der Waals surface area contributed by atoms with E-state index in [1.54, 1.807) is 13.0 Å². The van der Waals surface area contributed by atoms with E-state index in [0.717, 1.165) is 5.56 Å². The molecule has 1 N–H and O–H groups in total. The number of benzene rings is 1. The highest BCUT2D eigenvalue weighted by Crippen LogP contribution is 2.20. The first-order valence-corrected chi connectivity index (χ1v) is 7.53. The number of nitrogens with one attached hydrogen (secondary N) is 1. The molecule has 24 heavy (non-hydrogen) atoms. The Kier molecular flexibility index (Phi) is 5.68. The number of pyridine rings is 1. The van der Waals surface area contributed by atoms with Gasteiger partial charge < -0.3 is 10.1 Å². The lowest BCUT2D eigenvalue weighted by Gasteiger charge is -2.12. The van der Waals surface area contributed by atoms with Crippen molar-refractivity contribution in [3.63, 3.8) is 0 Å². The molecule has 1 aromatic heterocycles. The third-order valence-corrected chi connectivity index (χ3v) is 3.43. The van der Waals surface area contributed by atoms with Gasteiger partial charge in [0.25, 0.3) is 5.69 Å². The molecular weight excluding hydrogens is 308 g/mol. The summed E-state index contributed by atoms with van der Waals surface area (Å²) in [5, 5.41) is 22.8. The maximum Gasteiger partial charge on any atom is 0.287 e. The Labute approximate surface area is 140 Å². The highest BCUT2D eigenvalue weighted by molar-refractivity contribution is 5.48. The largest absolute Gasteiger partial charge is 0.476 e. The Morgan fingerprint density at radius 2 is 2.25 bits per heavy atom. The quantitative estimate of drug-likeness (QED) is 0.616. The first-order chi connectivity index (χ1) is 11.5. The summed E-state index contributed by atoms with van der Waals surface area (Å²) in [7, 11) is 0. The average molecular weight is 326 g/mol. The van der Waals surface area contributed by atoms with Crippen molar-refractivity contribution in [3.05, 3.63) is 57.8 Å². The fourth-order valence-electron chi connectivity index (χ4n) is 2.12. The fourth-order valence-corrected chi connectivity index (χ4v) is 2.12. The second kappa shape index (κ2) is 7.92. The van der Waals surface area contributed by atoms with E-state index in [4.69, 9.17) is 10.00 Å². The van der Waals surface area contributed by atoms with Crippen molar-refractivity contribution < 1.29 is 9.66 Å². The molecule has 2 rings (SSSR count). The molecule has 0 saturated heterocycles. The first kappa shape index (κ1) is 17.2. The molecule has 7 nitrogen and oxygen atoms in total. The third kappa shape index (κ3) is 4.43. The average Bonchev–Trinajstić information content (AvgIpc) is 2.58. The first-order valence-electron chi connectivity index (χ1n) is 7.53. The molecule has 124 valence electrons. The second-order valence-electron chi connectivity index (χ2n) is 5.26. The zero-order chi connectivity index (χ0) is 17.5. The predicted molar refractivity (Wildman–Crippen MR) is 89.7 cm³/mol. The molecule has 2 aromatic rings. The monoisotopic (exact) mass is 326 g/mol. The third-order valence-electron chi connectivity index (χ3n) is 3.43. The van der Waals surface area contributed by atoms with Crippen LogP contribution in [0.2, 0.25) is 0 Å². The molecule has 0 aliphatic carbocycles. The minimum absolute atomic E-state index is 0.0319. The van der Waals surface area contributed by atoms with Crippen LogP contribution in [0.15, 0.2) is 36.5 Å². The van der Waals surface area contributed by atoms with Crippen LogP contribution in [0.4, 0.5) is 11.5 Å². The van der Waals surface area contributed by atoms with Crippen LogP contribution < -0.4 is 10.1 Å². The number of hydrogen-bond donors (Lipinski definition) is 1. The van der Waals surface area contributed by atoms with Crippen LogP contribution in [-0.2, 0) is 6.54 Å². The van der Waals surface area contributed by atoms with Crippen LogP contribution in [0.5, 0.6) is 5.75 Å². The molecule has 0 fully saturated rings. The van der Waals surface area contributed by atoms with Crippen LogP contribution in [0.3, 0.4) is 0 Å². The van der Waals surface area contributed by atoms with E-state index in [0.29, 0.717) is 30.1 Å². The van der Waals surface area contributed by atoms with Crippen molar-refractivity contribution in [2.45, 2.75) is 32.9 Å². The van der Waals surface area contributed by atoms with Gasteiger partial charge in [-0.2, -0.15) is 5.26 Å². The normalized spacial score (nSPS) is 11.4. The molecule has 1 heterocycles. The summed E-state index contributed by atoms with van der Waals surface area (Å²) in [4.78, 5) is 14.3. The van der Waals surface area contributed by atoms with Gasteiger partial charge in [0, 0.05) is 12.6 Å². The van der Waals surface area contributed by atoms with E-state index in [-0.39, 0.29) is 5.69 Å². The van der Waals surface area contributed by atoms with Crippen molar-refractivity contribution in [2.75, 3.05) is 5.32 Å². The van der Waals surface area contributed by atoms with Crippen LogP contribution >= 0.6 is 0 Å². The Morgan fingerprint density at radius 1 is 1.46 bits per heavy atom. The van der Waals surface area contributed by atoms with E-state index in [9.17, 15) is 10.1 Å². The summed E-state index contributed by atoms with van der Waals surface area (Å²) in [5.41, 5.74) is 1.63. The van der Waals surface area contributed by atoms with Crippen LogP contribution in [0.25, 0.3) is 0 Å². The van der Waals surface area contributed by atoms with Gasteiger partial charge in [0.05, 0.1) is 4.92 Å². The fraction of sp³-hybridized carbons (Fsp3) is 0.294. The molecule has 0 bridgehead atoms. The lowest BCUT2D eigenvalue weighted by Crippen LogP contribution is -2.12. The summed E-state index contributed by atoms with van der Waals surface area (Å²) < 4.78 is 5.59. The summed E-state index contributed by atoms with van der Waals surface area (Å²) in [6.07, 6.45) is 1.38. The highest BCUT2D eigenvalue weighted by atomic mass is 16.6.